The minimum Gasteiger partial charge on any atom is -0.478 e. The van der Waals surface area contributed by atoms with Crippen molar-refractivity contribution in [3.63, 3.8) is 0 Å². The van der Waals surface area contributed by atoms with Gasteiger partial charge in [0.2, 0.25) is 0 Å². The van der Waals surface area contributed by atoms with Gasteiger partial charge in [-0.15, -0.1) is 11.3 Å². The fraction of sp³-hybridized carbons (Fsp3) is 0.500. The number of nitrogens with one attached hydrogen (secondary N) is 1. The summed E-state index contributed by atoms with van der Waals surface area (Å²) in [6, 6.07) is 2.02. The maximum Gasteiger partial charge on any atom is 0.328 e. The minimum absolute atomic E-state index is 0.0579. The molecule has 1 fully saturated rings. The molecule has 1 aliphatic rings. The molecule has 0 radical (unpaired) electrons. The lowest BCUT2D eigenvalue weighted by Gasteiger charge is -2.19. The van der Waals surface area contributed by atoms with Gasteiger partial charge in [-0.25, -0.2) is 4.79 Å². The number of thiophene rings is 1. The van der Waals surface area contributed by atoms with Crippen LogP contribution in [0.15, 0.2) is 12.1 Å². The van der Waals surface area contributed by atoms with E-state index in [0.717, 1.165) is 16.5 Å². The van der Waals surface area contributed by atoms with E-state index < -0.39 is 5.97 Å². The molecule has 1 aliphatic carbocycles. The Labute approximate surface area is 128 Å². The summed E-state index contributed by atoms with van der Waals surface area (Å²) in [5, 5.41) is 11.7. The zero-order chi connectivity index (χ0) is 15.4. The smallest absolute Gasteiger partial charge is 0.328 e. The highest BCUT2D eigenvalue weighted by molar-refractivity contribution is 7.15. The first-order chi connectivity index (χ1) is 9.97. The number of rotatable bonds is 5. The number of aryl methyl sites for hydroxylation is 1. The van der Waals surface area contributed by atoms with E-state index in [1.54, 1.807) is 6.08 Å². The van der Waals surface area contributed by atoms with Crippen LogP contribution in [0.3, 0.4) is 0 Å². The average molecular weight is 307 g/mol. The van der Waals surface area contributed by atoms with Crippen molar-refractivity contribution >= 4 is 29.3 Å². The van der Waals surface area contributed by atoms with Gasteiger partial charge in [0.15, 0.2) is 0 Å². The lowest BCUT2D eigenvalue weighted by molar-refractivity contribution is -0.131. The van der Waals surface area contributed by atoms with Crippen LogP contribution in [0.4, 0.5) is 0 Å². The molecular formula is C16H21NO3S. The summed E-state index contributed by atoms with van der Waals surface area (Å²) < 4.78 is 0. The van der Waals surface area contributed by atoms with E-state index in [9.17, 15) is 9.59 Å². The Hall–Kier alpha value is -1.62. The van der Waals surface area contributed by atoms with E-state index in [1.807, 2.05) is 13.0 Å². The fourth-order valence-electron chi connectivity index (χ4n) is 2.77. The van der Waals surface area contributed by atoms with Gasteiger partial charge in [-0.2, -0.15) is 0 Å². The molecule has 1 unspecified atom stereocenters. The summed E-state index contributed by atoms with van der Waals surface area (Å²) in [5.41, 5.74) is 0.927. The molecule has 114 valence electrons. The Morgan fingerprint density at radius 2 is 2.10 bits per heavy atom. The second-order valence-electron chi connectivity index (χ2n) is 5.64. The highest BCUT2D eigenvalue weighted by Gasteiger charge is 2.23. The first-order valence-electron chi connectivity index (χ1n) is 7.29. The molecule has 1 aromatic heterocycles. The molecule has 1 heterocycles. The summed E-state index contributed by atoms with van der Waals surface area (Å²) in [6.45, 7) is 3.95. The highest BCUT2D eigenvalue weighted by Crippen LogP contribution is 2.28. The van der Waals surface area contributed by atoms with Crippen molar-refractivity contribution in [3.8, 4) is 0 Å². The van der Waals surface area contributed by atoms with Gasteiger partial charge in [0.25, 0.3) is 5.91 Å². The van der Waals surface area contributed by atoms with Crippen molar-refractivity contribution in [2.24, 2.45) is 5.92 Å². The number of amides is 1. The van der Waals surface area contributed by atoms with Crippen LogP contribution in [0, 0.1) is 12.8 Å². The second kappa shape index (κ2) is 6.89. The van der Waals surface area contributed by atoms with Gasteiger partial charge in [-0.3, -0.25) is 4.79 Å². The molecule has 0 bridgehead atoms. The summed E-state index contributed by atoms with van der Waals surface area (Å²) in [4.78, 5) is 24.3. The van der Waals surface area contributed by atoms with Gasteiger partial charge in [0.1, 0.15) is 0 Å². The topological polar surface area (TPSA) is 66.4 Å². The molecular weight excluding hydrogens is 286 g/mol. The summed E-state index contributed by atoms with van der Waals surface area (Å²) in [7, 11) is 0. The molecule has 1 atom stereocenters. The Morgan fingerprint density at radius 1 is 1.43 bits per heavy atom. The van der Waals surface area contributed by atoms with Gasteiger partial charge < -0.3 is 10.4 Å². The SMILES string of the molecule is Cc1cc(C(=O)NC(C)C2CCCC2)sc1/C=C/C(=O)O. The standard InChI is InChI=1S/C16H21NO3S/c1-10-9-14(21-13(10)7-8-15(18)19)16(20)17-11(2)12-5-3-4-6-12/h7-9,11-12H,3-6H2,1-2H3,(H,17,20)(H,18,19)/b8-7+. The quantitative estimate of drug-likeness (QED) is 0.819. The van der Waals surface area contributed by atoms with E-state index in [0.29, 0.717) is 10.8 Å². The molecule has 2 N–H and O–H groups in total. The van der Waals surface area contributed by atoms with Crippen molar-refractivity contribution in [2.45, 2.75) is 45.6 Å². The average Bonchev–Trinajstić information content (AvgIpc) is 3.05. The highest BCUT2D eigenvalue weighted by atomic mass is 32.1. The van der Waals surface area contributed by atoms with Crippen molar-refractivity contribution in [1.82, 2.24) is 5.32 Å². The molecule has 0 aliphatic heterocycles. The second-order valence-corrected chi connectivity index (χ2v) is 6.72. The number of carboxylic acids is 1. The van der Waals surface area contributed by atoms with Crippen molar-refractivity contribution in [1.29, 1.82) is 0 Å². The van der Waals surface area contributed by atoms with Crippen LogP contribution in [-0.4, -0.2) is 23.0 Å². The lowest BCUT2D eigenvalue weighted by atomic mass is 10.00. The summed E-state index contributed by atoms with van der Waals surface area (Å²) in [5.74, 6) is -0.456. The van der Waals surface area contributed by atoms with Crippen LogP contribution in [0.2, 0.25) is 0 Å². The number of carbonyl (C=O) groups excluding carboxylic acids is 1. The molecule has 1 aromatic rings. The fourth-order valence-corrected chi connectivity index (χ4v) is 3.75. The normalized spacial score (nSPS) is 17.2. The molecule has 0 spiro atoms. The minimum atomic E-state index is -0.983. The van der Waals surface area contributed by atoms with Crippen LogP contribution in [0.5, 0.6) is 0 Å². The Bertz CT molecular complexity index is 556. The predicted octanol–water partition coefficient (Wildman–Crippen LogP) is 3.46. The van der Waals surface area contributed by atoms with Crippen molar-refractivity contribution in [3.05, 3.63) is 27.5 Å². The van der Waals surface area contributed by atoms with Gasteiger partial charge >= 0.3 is 5.97 Å². The Balaban J connectivity index is 2.02. The monoisotopic (exact) mass is 307 g/mol. The van der Waals surface area contributed by atoms with Crippen LogP contribution >= 0.6 is 11.3 Å². The molecule has 0 aromatic carbocycles. The van der Waals surface area contributed by atoms with Crippen LogP contribution in [-0.2, 0) is 4.79 Å². The molecule has 21 heavy (non-hydrogen) atoms. The largest absolute Gasteiger partial charge is 0.478 e. The molecule has 0 saturated heterocycles. The lowest BCUT2D eigenvalue weighted by Crippen LogP contribution is -2.36. The van der Waals surface area contributed by atoms with Gasteiger partial charge in [-0.05, 0) is 50.3 Å². The third-order valence-corrected chi connectivity index (χ3v) is 5.22. The first kappa shape index (κ1) is 15.8. The third kappa shape index (κ3) is 4.17. The number of hydrogen-bond donors (Lipinski definition) is 2. The summed E-state index contributed by atoms with van der Waals surface area (Å²) >= 11 is 1.33. The molecule has 1 saturated carbocycles. The van der Waals surface area contributed by atoms with Gasteiger partial charge in [-0.1, -0.05) is 12.8 Å². The zero-order valence-corrected chi connectivity index (χ0v) is 13.2. The van der Waals surface area contributed by atoms with E-state index in [4.69, 9.17) is 5.11 Å². The van der Waals surface area contributed by atoms with Gasteiger partial charge in [0.05, 0.1) is 4.88 Å². The third-order valence-electron chi connectivity index (χ3n) is 4.02. The maximum absolute atomic E-state index is 12.3. The number of carboxylic acid groups (broad SMARTS) is 1. The van der Waals surface area contributed by atoms with Crippen LogP contribution in [0.25, 0.3) is 6.08 Å². The van der Waals surface area contributed by atoms with Crippen molar-refractivity contribution < 1.29 is 14.7 Å². The van der Waals surface area contributed by atoms with Crippen LogP contribution < -0.4 is 5.32 Å². The number of hydrogen-bond acceptors (Lipinski definition) is 3. The predicted molar refractivity (Wildman–Crippen MR) is 84.6 cm³/mol. The molecule has 1 amide bonds. The summed E-state index contributed by atoms with van der Waals surface area (Å²) in [6.07, 6.45) is 7.54. The molecule has 2 rings (SSSR count). The number of carbonyl (C=O) groups is 2. The van der Waals surface area contributed by atoms with Gasteiger partial charge in [0, 0.05) is 17.0 Å². The van der Waals surface area contributed by atoms with E-state index >= 15 is 0 Å². The molecule has 4 nitrogen and oxygen atoms in total. The molecule has 5 heteroatoms. The maximum atomic E-state index is 12.3. The van der Waals surface area contributed by atoms with Crippen molar-refractivity contribution in [2.75, 3.05) is 0 Å². The van der Waals surface area contributed by atoms with E-state index in [-0.39, 0.29) is 11.9 Å². The van der Waals surface area contributed by atoms with E-state index in [1.165, 1.54) is 37.0 Å². The number of aliphatic carboxylic acids is 1. The Morgan fingerprint density at radius 3 is 2.71 bits per heavy atom. The van der Waals surface area contributed by atoms with Crippen LogP contribution in [0.1, 0.15) is 52.7 Å². The van der Waals surface area contributed by atoms with E-state index in [2.05, 4.69) is 12.2 Å². The Kier molecular flexibility index (Phi) is 5.17. The first-order valence-corrected chi connectivity index (χ1v) is 8.11. The zero-order valence-electron chi connectivity index (χ0n) is 12.4.